The lowest BCUT2D eigenvalue weighted by atomic mass is 9.90. The molecule has 1 saturated carbocycles. The number of rotatable bonds is 7. The van der Waals surface area contributed by atoms with Gasteiger partial charge in [0.2, 0.25) is 17.8 Å². The minimum absolute atomic E-state index is 0.0698. The number of amides is 1. The Kier molecular flexibility index (Phi) is 6.89. The second kappa shape index (κ2) is 10.4. The summed E-state index contributed by atoms with van der Waals surface area (Å²) in [6.45, 7) is 1.60. The van der Waals surface area contributed by atoms with Crippen molar-refractivity contribution in [1.29, 1.82) is 0 Å². The highest BCUT2D eigenvalue weighted by atomic mass is 19.1. The molecule has 0 spiro atoms. The molecule has 0 saturated heterocycles. The Hall–Kier alpha value is -4.21. The first-order chi connectivity index (χ1) is 17.9. The molecule has 0 radical (unpaired) electrons. The summed E-state index contributed by atoms with van der Waals surface area (Å²) in [6.07, 6.45) is 5.07. The highest BCUT2D eigenvalue weighted by Gasteiger charge is 2.29. The fraction of sp³-hybridized carbons (Fsp3) is 0.333. The first kappa shape index (κ1) is 24.5. The number of nitrogens with one attached hydrogen (secondary N) is 2. The summed E-state index contributed by atoms with van der Waals surface area (Å²) in [4.78, 5) is 27.7. The van der Waals surface area contributed by atoms with Crippen LogP contribution < -0.4 is 15.4 Å². The molecule has 2 aromatic carbocycles. The maximum Gasteiger partial charge on any atom is 0.229 e. The lowest BCUT2D eigenvalue weighted by molar-refractivity contribution is -0.130. The van der Waals surface area contributed by atoms with Crippen molar-refractivity contribution in [2.75, 3.05) is 24.8 Å². The molecule has 2 heterocycles. The van der Waals surface area contributed by atoms with Crippen LogP contribution in [0.1, 0.15) is 38.6 Å². The van der Waals surface area contributed by atoms with Gasteiger partial charge in [0, 0.05) is 31.7 Å². The summed E-state index contributed by atoms with van der Waals surface area (Å²) >= 11 is 0. The number of carbonyl (C=O) groups is 1. The van der Waals surface area contributed by atoms with Gasteiger partial charge in [-0.05, 0) is 62.1 Å². The zero-order valence-corrected chi connectivity index (χ0v) is 21.1. The van der Waals surface area contributed by atoms with Crippen LogP contribution in [-0.4, -0.2) is 50.5 Å². The molecule has 1 aliphatic carbocycles. The van der Waals surface area contributed by atoms with Crippen molar-refractivity contribution in [2.45, 2.75) is 44.7 Å². The van der Waals surface area contributed by atoms with Crippen molar-refractivity contribution < 1.29 is 13.9 Å². The van der Waals surface area contributed by atoms with Crippen LogP contribution in [0, 0.1) is 5.82 Å². The fourth-order valence-electron chi connectivity index (χ4n) is 4.83. The van der Waals surface area contributed by atoms with Crippen molar-refractivity contribution in [3.05, 3.63) is 60.5 Å². The zero-order valence-electron chi connectivity index (χ0n) is 21.1. The van der Waals surface area contributed by atoms with Crippen LogP contribution in [0.15, 0.2) is 54.7 Å². The van der Waals surface area contributed by atoms with E-state index in [1.54, 1.807) is 38.4 Å². The topological polar surface area (TPSA) is 97.2 Å². The molecule has 4 aromatic rings. The summed E-state index contributed by atoms with van der Waals surface area (Å²) in [5.74, 6) is 1.41. The van der Waals surface area contributed by atoms with E-state index in [2.05, 4.69) is 15.6 Å². The minimum Gasteiger partial charge on any atom is -0.497 e. The molecule has 10 heteroatoms. The van der Waals surface area contributed by atoms with Crippen LogP contribution in [0.3, 0.4) is 0 Å². The van der Waals surface area contributed by atoms with E-state index in [0.717, 1.165) is 37.1 Å². The van der Waals surface area contributed by atoms with E-state index in [-0.39, 0.29) is 23.8 Å². The van der Waals surface area contributed by atoms with Crippen LogP contribution in [0.25, 0.3) is 11.2 Å². The van der Waals surface area contributed by atoms with Gasteiger partial charge in [0.1, 0.15) is 17.1 Å². The number of imidazole rings is 1. The molecule has 9 nitrogen and oxygen atoms in total. The molecule has 0 bridgehead atoms. The predicted octanol–water partition coefficient (Wildman–Crippen LogP) is 5.42. The number of para-hydroxylation sites is 1. The predicted molar refractivity (Wildman–Crippen MR) is 141 cm³/mol. The average molecular weight is 504 g/mol. The summed E-state index contributed by atoms with van der Waals surface area (Å²) in [7, 11) is 3.48. The third kappa shape index (κ3) is 5.18. The Labute approximate surface area is 214 Å². The van der Waals surface area contributed by atoms with Crippen molar-refractivity contribution >= 4 is 40.3 Å². The number of ether oxygens (including phenoxy) is 1. The number of aromatic nitrogens is 4. The molecule has 5 rings (SSSR count). The smallest absolute Gasteiger partial charge is 0.229 e. The van der Waals surface area contributed by atoms with E-state index in [4.69, 9.17) is 14.7 Å². The van der Waals surface area contributed by atoms with E-state index < -0.39 is 0 Å². The number of fused-ring (bicyclic) bond motifs is 1. The molecule has 1 fully saturated rings. The Morgan fingerprint density at radius 2 is 1.78 bits per heavy atom. The standard InChI is InChI=1S/C27H30FN7O2/c1-17(36)34(2)19-10-12-20(13-11-19)35-25-24(32-27(35)31-23-7-5-4-6-22(23)28)16-29-26(33-25)30-18-8-14-21(37-3)15-9-18/h4-9,14-16,19-20H,10-13H2,1-3H3,(H,31,32)(H,29,30,33)/t19-,20-. The molecule has 1 amide bonds. The first-order valence-corrected chi connectivity index (χ1v) is 12.3. The first-order valence-electron chi connectivity index (χ1n) is 12.3. The van der Waals surface area contributed by atoms with Gasteiger partial charge in [0.15, 0.2) is 5.65 Å². The molecule has 192 valence electrons. The number of hydrogen-bond acceptors (Lipinski definition) is 7. The normalized spacial score (nSPS) is 17.4. The highest BCUT2D eigenvalue weighted by Crippen LogP contribution is 2.36. The number of anilines is 4. The molecule has 2 N–H and O–H groups in total. The Bertz CT molecular complexity index is 1400. The van der Waals surface area contributed by atoms with Crippen molar-refractivity contribution in [1.82, 2.24) is 24.4 Å². The maximum atomic E-state index is 14.5. The van der Waals surface area contributed by atoms with Crippen molar-refractivity contribution in [3.63, 3.8) is 0 Å². The van der Waals surface area contributed by atoms with Gasteiger partial charge in [0.25, 0.3) is 0 Å². The van der Waals surface area contributed by atoms with Crippen LogP contribution in [0.5, 0.6) is 5.75 Å². The third-order valence-electron chi connectivity index (χ3n) is 6.98. The van der Waals surface area contributed by atoms with Gasteiger partial charge in [0.05, 0.1) is 19.0 Å². The molecule has 0 aliphatic heterocycles. The van der Waals surface area contributed by atoms with E-state index >= 15 is 0 Å². The van der Waals surface area contributed by atoms with Crippen molar-refractivity contribution in [2.24, 2.45) is 0 Å². The Morgan fingerprint density at radius 1 is 1.05 bits per heavy atom. The lowest BCUT2D eigenvalue weighted by Gasteiger charge is -2.35. The van der Waals surface area contributed by atoms with Gasteiger partial charge in [-0.25, -0.2) is 14.4 Å². The van der Waals surface area contributed by atoms with Gasteiger partial charge in [-0.3, -0.25) is 9.36 Å². The summed E-state index contributed by atoms with van der Waals surface area (Å²) in [5.41, 5.74) is 2.44. The van der Waals surface area contributed by atoms with Crippen molar-refractivity contribution in [3.8, 4) is 5.75 Å². The summed E-state index contributed by atoms with van der Waals surface area (Å²) in [5, 5.41) is 6.41. The molecule has 0 unspecified atom stereocenters. The SMILES string of the molecule is COc1ccc(Nc2ncc3nc(Nc4ccccc4F)n([C@H]4CC[C@H](N(C)C(C)=O)CC4)c3n2)cc1. The number of benzene rings is 2. The zero-order chi connectivity index (χ0) is 25.9. The maximum absolute atomic E-state index is 14.5. The van der Waals surface area contributed by atoms with Crippen LogP contribution in [0.4, 0.5) is 27.7 Å². The van der Waals surface area contributed by atoms with Gasteiger partial charge in [-0.1, -0.05) is 12.1 Å². The monoisotopic (exact) mass is 503 g/mol. The lowest BCUT2D eigenvalue weighted by Crippen LogP contribution is -2.38. The number of hydrogen-bond donors (Lipinski definition) is 2. The van der Waals surface area contributed by atoms with Gasteiger partial charge >= 0.3 is 0 Å². The van der Waals surface area contributed by atoms with E-state index in [0.29, 0.717) is 28.7 Å². The van der Waals surface area contributed by atoms with E-state index in [9.17, 15) is 9.18 Å². The molecular formula is C27H30FN7O2. The second-order valence-corrected chi connectivity index (χ2v) is 9.26. The van der Waals surface area contributed by atoms with Crippen LogP contribution >= 0.6 is 0 Å². The second-order valence-electron chi connectivity index (χ2n) is 9.26. The molecule has 2 aromatic heterocycles. The summed E-state index contributed by atoms with van der Waals surface area (Å²) in [6, 6.07) is 14.3. The highest BCUT2D eigenvalue weighted by molar-refractivity contribution is 5.77. The molecular weight excluding hydrogens is 473 g/mol. The Balaban J connectivity index is 1.49. The number of carbonyl (C=O) groups excluding carboxylic acids is 1. The van der Waals surface area contributed by atoms with E-state index in [1.165, 1.54) is 6.07 Å². The quantitative estimate of drug-likeness (QED) is 0.347. The molecule has 37 heavy (non-hydrogen) atoms. The average Bonchev–Trinajstić information content (AvgIpc) is 3.27. The fourth-order valence-corrected chi connectivity index (χ4v) is 4.83. The largest absolute Gasteiger partial charge is 0.497 e. The van der Waals surface area contributed by atoms with Gasteiger partial charge in [-0.2, -0.15) is 4.98 Å². The van der Waals surface area contributed by atoms with Gasteiger partial charge in [-0.15, -0.1) is 0 Å². The molecule has 0 atom stereocenters. The number of nitrogens with zero attached hydrogens (tertiary/aromatic N) is 5. The van der Waals surface area contributed by atoms with Crippen LogP contribution in [-0.2, 0) is 4.79 Å². The Morgan fingerprint density at radius 3 is 2.46 bits per heavy atom. The third-order valence-corrected chi connectivity index (χ3v) is 6.98. The van der Waals surface area contributed by atoms with E-state index in [1.807, 2.05) is 40.8 Å². The minimum atomic E-state index is -0.360. The molecule has 1 aliphatic rings. The summed E-state index contributed by atoms with van der Waals surface area (Å²) < 4.78 is 21.8. The number of methoxy groups -OCH3 is 1. The number of halogens is 1. The van der Waals surface area contributed by atoms with Gasteiger partial charge < -0.3 is 20.3 Å². The van der Waals surface area contributed by atoms with Crippen LogP contribution in [0.2, 0.25) is 0 Å².